The molecule has 1 aromatic heterocycles. The molecule has 0 bridgehead atoms. The Morgan fingerprint density at radius 1 is 1.33 bits per heavy atom. The van der Waals surface area contributed by atoms with Crippen LogP contribution in [0.4, 0.5) is 5.69 Å². The van der Waals surface area contributed by atoms with Crippen LogP contribution in [0.3, 0.4) is 0 Å². The van der Waals surface area contributed by atoms with E-state index in [-0.39, 0.29) is 10.8 Å². The predicted octanol–water partition coefficient (Wildman–Crippen LogP) is 2.77. The second-order valence-electron chi connectivity index (χ2n) is 5.83. The highest BCUT2D eigenvalue weighted by atomic mass is 32.1. The molecule has 0 spiro atoms. The number of thiazole rings is 1. The molecule has 0 atom stereocenters. The highest BCUT2D eigenvalue weighted by Crippen LogP contribution is 2.33. The van der Waals surface area contributed by atoms with Gasteiger partial charge in [-0.25, -0.2) is 4.99 Å². The van der Waals surface area contributed by atoms with Crippen LogP contribution in [-0.2, 0) is 6.42 Å². The van der Waals surface area contributed by atoms with E-state index in [2.05, 4.69) is 31.0 Å². The minimum Gasteiger partial charge on any atom is -0.493 e. The summed E-state index contributed by atoms with van der Waals surface area (Å²) < 4.78 is 0. The van der Waals surface area contributed by atoms with Gasteiger partial charge in [-0.15, -0.1) is 0 Å². The lowest BCUT2D eigenvalue weighted by atomic mass is 9.95. The van der Waals surface area contributed by atoms with Crippen LogP contribution in [0.15, 0.2) is 40.1 Å². The summed E-state index contributed by atoms with van der Waals surface area (Å²) in [5.41, 5.74) is 5.56. The monoisotopic (exact) mass is 336 g/mol. The van der Waals surface area contributed by atoms with Gasteiger partial charge in [0.1, 0.15) is 0 Å². The first-order valence-corrected chi connectivity index (χ1v) is 8.64. The summed E-state index contributed by atoms with van der Waals surface area (Å²) in [5, 5.41) is 11.9. The first-order valence-electron chi connectivity index (χ1n) is 7.83. The Bertz CT molecular complexity index is 1140. The third kappa shape index (κ3) is 2.20. The van der Waals surface area contributed by atoms with Gasteiger partial charge in [-0.3, -0.25) is 9.78 Å². The zero-order chi connectivity index (χ0) is 16.8. The highest BCUT2D eigenvalue weighted by molar-refractivity contribution is 7.10. The summed E-state index contributed by atoms with van der Waals surface area (Å²) in [6, 6.07) is 10.2. The number of nitrogens with zero attached hydrogens (tertiary/aromatic N) is 1. The van der Waals surface area contributed by atoms with E-state index in [1.807, 2.05) is 24.3 Å². The maximum absolute atomic E-state index is 11.4. The lowest BCUT2D eigenvalue weighted by Crippen LogP contribution is -2.20. The maximum atomic E-state index is 11.4. The molecule has 120 valence electrons. The molecule has 4 rings (SSSR count). The van der Waals surface area contributed by atoms with Crippen LogP contribution in [0, 0.1) is 6.92 Å². The number of hydrogen-bond acceptors (Lipinski definition) is 4. The van der Waals surface area contributed by atoms with E-state index in [0.29, 0.717) is 4.88 Å². The van der Waals surface area contributed by atoms with Crippen molar-refractivity contribution in [3.8, 4) is 17.0 Å². The second kappa shape index (κ2) is 5.46. The van der Waals surface area contributed by atoms with Gasteiger partial charge in [0.15, 0.2) is 0 Å². The third-order valence-electron chi connectivity index (χ3n) is 4.41. The summed E-state index contributed by atoms with van der Waals surface area (Å²) in [6.45, 7) is 4.17. The van der Waals surface area contributed by atoms with Crippen molar-refractivity contribution < 1.29 is 5.11 Å². The summed E-state index contributed by atoms with van der Waals surface area (Å²) >= 11 is 1.01. The normalized spacial score (nSPS) is 12.8. The number of para-hydroxylation sites is 1. The zero-order valence-corrected chi connectivity index (χ0v) is 14.2. The Morgan fingerprint density at radius 3 is 2.83 bits per heavy atom. The molecule has 4 nitrogen and oxygen atoms in total. The summed E-state index contributed by atoms with van der Waals surface area (Å²) in [6.07, 6.45) is 2.74. The van der Waals surface area contributed by atoms with Crippen molar-refractivity contribution >= 4 is 23.1 Å². The van der Waals surface area contributed by atoms with E-state index >= 15 is 0 Å². The number of aromatic nitrogens is 1. The lowest BCUT2D eigenvalue weighted by Gasteiger charge is -2.07. The minimum absolute atomic E-state index is 0.0759. The van der Waals surface area contributed by atoms with Crippen LogP contribution in [0.1, 0.15) is 22.9 Å². The average Bonchev–Trinajstić information content (AvgIpc) is 3.10. The molecule has 1 aliphatic heterocycles. The molecule has 0 fully saturated rings. The lowest BCUT2D eigenvalue weighted by molar-refractivity contribution is 0.455. The Labute approximate surface area is 142 Å². The van der Waals surface area contributed by atoms with E-state index in [0.717, 1.165) is 50.7 Å². The number of aromatic hydroxyl groups is 1. The number of fused-ring (bicyclic) bond motifs is 3. The molecule has 5 heteroatoms. The number of aromatic amines is 1. The second-order valence-corrected chi connectivity index (χ2v) is 6.84. The first-order chi connectivity index (χ1) is 11.6. The predicted molar refractivity (Wildman–Crippen MR) is 96.6 cm³/mol. The van der Waals surface area contributed by atoms with E-state index in [1.165, 1.54) is 5.56 Å². The van der Waals surface area contributed by atoms with Crippen molar-refractivity contribution in [1.82, 2.24) is 4.98 Å². The molecule has 2 N–H and O–H groups in total. The van der Waals surface area contributed by atoms with Crippen LogP contribution in [0.5, 0.6) is 5.88 Å². The van der Waals surface area contributed by atoms with Crippen molar-refractivity contribution in [2.75, 3.05) is 0 Å². The van der Waals surface area contributed by atoms with Crippen LogP contribution in [0.25, 0.3) is 17.2 Å². The third-order valence-corrected chi connectivity index (χ3v) is 5.23. The van der Waals surface area contributed by atoms with E-state index in [4.69, 9.17) is 4.99 Å². The smallest absolute Gasteiger partial charge is 0.307 e. The molecule has 0 amide bonds. The van der Waals surface area contributed by atoms with Gasteiger partial charge in [0.25, 0.3) is 0 Å². The first kappa shape index (κ1) is 14.9. The number of benzene rings is 2. The van der Waals surface area contributed by atoms with Crippen LogP contribution in [-0.4, -0.2) is 10.1 Å². The molecule has 0 saturated heterocycles. The Kier molecular flexibility index (Phi) is 3.39. The molecule has 2 heterocycles. The van der Waals surface area contributed by atoms with Gasteiger partial charge in [-0.05, 0) is 47.9 Å². The molecule has 0 unspecified atom stereocenters. The number of nitrogens with one attached hydrogen (secondary N) is 1. The molecule has 0 aliphatic carbocycles. The molecule has 1 aliphatic rings. The van der Waals surface area contributed by atoms with Crippen molar-refractivity contribution in [2.24, 2.45) is 4.99 Å². The fourth-order valence-corrected chi connectivity index (χ4v) is 3.88. The number of aryl methyl sites for hydroxylation is 1. The zero-order valence-electron chi connectivity index (χ0n) is 13.4. The van der Waals surface area contributed by atoms with Gasteiger partial charge < -0.3 is 5.11 Å². The Hall–Kier alpha value is -2.66. The van der Waals surface area contributed by atoms with Crippen molar-refractivity contribution in [3.05, 3.63) is 66.6 Å². The SMILES string of the molecule is CCc1cc(=Cc2sc(=O)[nH]c2O)c(C)c2c1=Nc1ccccc1-2. The molecular formula is C19H16N2O2S. The van der Waals surface area contributed by atoms with Gasteiger partial charge >= 0.3 is 4.87 Å². The fraction of sp³-hybridized carbons (Fsp3) is 0.158. The fourth-order valence-electron chi connectivity index (χ4n) is 3.20. The van der Waals surface area contributed by atoms with E-state index in [9.17, 15) is 9.90 Å². The maximum Gasteiger partial charge on any atom is 0.307 e. The molecule has 0 radical (unpaired) electrons. The number of rotatable bonds is 2. The molecule has 0 saturated carbocycles. The van der Waals surface area contributed by atoms with Crippen molar-refractivity contribution in [2.45, 2.75) is 20.3 Å². The van der Waals surface area contributed by atoms with Gasteiger partial charge in [0, 0.05) is 11.1 Å². The molecular weight excluding hydrogens is 320 g/mol. The topological polar surface area (TPSA) is 65.5 Å². The molecule has 24 heavy (non-hydrogen) atoms. The average molecular weight is 336 g/mol. The quantitative estimate of drug-likeness (QED) is 0.591. The largest absolute Gasteiger partial charge is 0.493 e. The van der Waals surface area contributed by atoms with Crippen molar-refractivity contribution in [3.63, 3.8) is 0 Å². The van der Waals surface area contributed by atoms with Crippen LogP contribution in [0.2, 0.25) is 0 Å². The minimum atomic E-state index is -0.256. The van der Waals surface area contributed by atoms with Gasteiger partial charge in [-0.1, -0.05) is 36.5 Å². The number of H-pyrrole nitrogens is 1. The Balaban J connectivity index is 2.06. The Morgan fingerprint density at radius 2 is 2.12 bits per heavy atom. The van der Waals surface area contributed by atoms with Gasteiger partial charge in [0.05, 0.1) is 15.9 Å². The van der Waals surface area contributed by atoms with Gasteiger partial charge in [-0.2, -0.15) is 0 Å². The number of hydrogen-bond donors (Lipinski definition) is 2. The molecule has 3 aromatic rings. The van der Waals surface area contributed by atoms with Crippen molar-refractivity contribution in [1.29, 1.82) is 0 Å². The highest BCUT2D eigenvalue weighted by Gasteiger charge is 2.18. The van der Waals surface area contributed by atoms with Gasteiger partial charge in [0.2, 0.25) is 5.88 Å². The summed E-state index contributed by atoms with van der Waals surface area (Å²) in [5.74, 6) is -0.0759. The van der Waals surface area contributed by atoms with Crippen LogP contribution >= 0.6 is 11.3 Å². The summed E-state index contributed by atoms with van der Waals surface area (Å²) in [4.78, 5) is 18.9. The summed E-state index contributed by atoms with van der Waals surface area (Å²) in [7, 11) is 0. The molecule has 2 aromatic carbocycles. The van der Waals surface area contributed by atoms with E-state index in [1.54, 1.807) is 0 Å². The standard InChI is InChI=1S/C19H16N2O2S/c1-3-11-8-12(9-15-18(22)21-19(23)24-15)10(2)16-13-6-4-5-7-14(13)20-17(11)16/h4-9,22H,3H2,1-2H3,(H,21,23). The van der Waals surface area contributed by atoms with Crippen LogP contribution < -0.4 is 15.4 Å². The van der Waals surface area contributed by atoms with E-state index < -0.39 is 0 Å².